The van der Waals surface area contributed by atoms with Crippen LogP contribution in [0.5, 0.6) is 0 Å². The van der Waals surface area contributed by atoms with Gasteiger partial charge in [-0.05, 0) is 63.8 Å². The van der Waals surface area contributed by atoms with E-state index in [9.17, 15) is 9.59 Å². The zero-order valence-corrected chi connectivity index (χ0v) is 19.0. The number of carbonyl (C=O) groups is 2. The molecule has 3 rings (SSSR count). The van der Waals surface area contributed by atoms with Crippen LogP contribution in [0.2, 0.25) is 0 Å². The smallest absolute Gasteiger partial charge is 0.251 e. The van der Waals surface area contributed by atoms with Gasteiger partial charge in [-0.15, -0.1) is 0 Å². The summed E-state index contributed by atoms with van der Waals surface area (Å²) in [7, 11) is 0. The summed E-state index contributed by atoms with van der Waals surface area (Å²) in [5, 5.41) is 3.18. The van der Waals surface area contributed by atoms with Crippen LogP contribution in [-0.4, -0.2) is 53.3 Å². The molecule has 5 heteroatoms. The van der Waals surface area contributed by atoms with Crippen molar-refractivity contribution in [1.82, 2.24) is 15.1 Å². The van der Waals surface area contributed by atoms with Gasteiger partial charge in [-0.2, -0.15) is 0 Å². The predicted molar refractivity (Wildman–Crippen MR) is 121 cm³/mol. The molecule has 0 bridgehead atoms. The third kappa shape index (κ3) is 6.07. The van der Waals surface area contributed by atoms with Gasteiger partial charge in [0.05, 0.1) is 0 Å². The summed E-state index contributed by atoms with van der Waals surface area (Å²) in [6, 6.07) is 8.65. The SMILES string of the molecule is CCN(Cc1ccc(C(=O)NC2CCN(C(=O)C3CCCCC3)CC2)cc1)C(C)C. The Hall–Kier alpha value is -1.88. The summed E-state index contributed by atoms with van der Waals surface area (Å²) in [6.45, 7) is 10.0. The lowest BCUT2D eigenvalue weighted by atomic mass is 9.87. The Balaban J connectivity index is 1.45. The van der Waals surface area contributed by atoms with Crippen molar-refractivity contribution in [3.8, 4) is 0 Å². The molecule has 2 aliphatic rings. The number of rotatable bonds is 7. The van der Waals surface area contributed by atoms with Crippen LogP contribution in [0, 0.1) is 5.92 Å². The number of amides is 2. The van der Waals surface area contributed by atoms with E-state index >= 15 is 0 Å². The van der Waals surface area contributed by atoms with Crippen molar-refractivity contribution >= 4 is 11.8 Å². The van der Waals surface area contributed by atoms with Crippen molar-refractivity contribution in [2.45, 2.75) is 84.3 Å². The fraction of sp³-hybridized carbons (Fsp3) is 0.680. The highest BCUT2D eigenvalue weighted by Gasteiger charge is 2.29. The minimum Gasteiger partial charge on any atom is -0.349 e. The molecule has 5 nitrogen and oxygen atoms in total. The monoisotopic (exact) mass is 413 g/mol. The van der Waals surface area contributed by atoms with E-state index in [2.05, 4.69) is 43.1 Å². The molecule has 0 atom stereocenters. The second kappa shape index (κ2) is 10.9. The molecular formula is C25H39N3O2. The lowest BCUT2D eigenvalue weighted by molar-refractivity contribution is -0.137. The van der Waals surface area contributed by atoms with Gasteiger partial charge in [-0.3, -0.25) is 14.5 Å². The summed E-state index contributed by atoms with van der Waals surface area (Å²) in [5.41, 5.74) is 1.95. The molecule has 1 N–H and O–H groups in total. The van der Waals surface area contributed by atoms with Crippen LogP contribution in [0.1, 0.15) is 81.6 Å². The Labute approximate surface area is 182 Å². The first-order chi connectivity index (χ1) is 14.5. The minimum atomic E-state index is -0.00480. The molecule has 1 aliphatic heterocycles. The molecule has 0 aromatic heterocycles. The molecule has 1 aromatic carbocycles. The molecule has 166 valence electrons. The summed E-state index contributed by atoms with van der Waals surface area (Å²) < 4.78 is 0. The highest BCUT2D eigenvalue weighted by atomic mass is 16.2. The van der Waals surface area contributed by atoms with Crippen molar-refractivity contribution in [2.24, 2.45) is 5.92 Å². The Morgan fingerprint density at radius 2 is 1.67 bits per heavy atom. The average molecular weight is 414 g/mol. The molecule has 2 fully saturated rings. The quantitative estimate of drug-likeness (QED) is 0.728. The summed E-state index contributed by atoms with van der Waals surface area (Å²) in [4.78, 5) is 29.8. The lowest BCUT2D eigenvalue weighted by Gasteiger charge is -2.35. The maximum absolute atomic E-state index is 12.7. The zero-order valence-electron chi connectivity index (χ0n) is 19.0. The largest absolute Gasteiger partial charge is 0.349 e. The third-order valence-corrected chi connectivity index (χ3v) is 6.83. The summed E-state index contributed by atoms with van der Waals surface area (Å²) >= 11 is 0. The van der Waals surface area contributed by atoms with Crippen LogP contribution in [0.4, 0.5) is 0 Å². The number of carbonyl (C=O) groups excluding carboxylic acids is 2. The number of hydrogen-bond donors (Lipinski definition) is 1. The van der Waals surface area contributed by atoms with E-state index in [4.69, 9.17) is 0 Å². The Morgan fingerprint density at radius 3 is 2.23 bits per heavy atom. The topological polar surface area (TPSA) is 52.7 Å². The van der Waals surface area contributed by atoms with Crippen molar-refractivity contribution < 1.29 is 9.59 Å². The van der Waals surface area contributed by atoms with Gasteiger partial charge in [0.15, 0.2) is 0 Å². The van der Waals surface area contributed by atoms with Gasteiger partial charge >= 0.3 is 0 Å². The van der Waals surface area contributed by atoms with Crippen LogP contribution in [0.25, 0.3) is 0 Å². The van der Waals surface area contributed by atoms with Crippen LogP contribution in [-0.2, 0) is 11.3 Å². The summed E-state index contributed by atoms with van der Waals surface area (Å²) in [5.74, 6) is 0.579. The highest BCUT2D eigenvalue weighted by Crippen LogP contribution is 2.26. The Kier molecular flexibility index (Phi) is 8.32. The highest BCUT2D eigenvalue weighted by molar-refractivity contribution is 5.94. The van der Waals surface area contributed by atoms with Gasteiger partial charge in [0.25, 0.3) is 5.91 Å². The van der Waals surface area contributed by atoms with E-state index in [1.165, 1.54) is 24.8 Å². The first-order valence-corrected chi connectivity index (χ1v) is 11.9. The number of likely N-dealkylation sites (tertiary alicyclic amines) is 1. The molecule has 0 spiro atoms. The molecule has 1 aliphatic carbocycles. The number of benzene rings is 1. The summed E-state index contributed by atoms with van der Waals surface area (Å²) in [6.07, 6.45) is 7.46. The molecule has 1 saturated carbocycles. The zero-order chi connectivity index (χ0) is 21.5. The normalized spacial score (nSPS) is 18.8. The molecule has 0 radical (unpaired) electrons. The molecular weight excluding hydrogens is 374 g/mol. The maximum atomic E-state index is 12.7. The van der Waals surface area contributed by atoms with Gasteiger partial charge in [-0.1, -0.05) is 38.3 Å². The van der Waals surface area contributed by atoms with E-state index in [1.807, 2.05) is 17.0 Å². The van der Waals surface area contributed by atoms with Crippen molar-refractivity contribution in [2.75, 3.05) is 19.6 Å². The van der Waals surface area contributed by atoms with Gasteiger partial charge in [-0.25, -0.2) is 0 Å². The van der Waals surface area contributed by atoms with Crippen LogP contribution < -0.4 is 5.32 Å². The fourth-order valence-electron chi connectivity index (χ4n) is 4.78. The van der Waals surface area contributed by atoms with Crippen molar-refractivity contribution in [1.29, 1.82) is 0 Å². The van der Waals surface area contributed by atoms with E-state index < -0.39 is 0 Å². The number of nitrogens with one attached hydrogen (secondary N) is 1. The molecule has 1 saturated heterocycles. The standard InChI is InChI=1S/C25H39N3O2/c1-4-27(19(2)3)18-20-10-12-21(13-11-20)24(29)26-23-14-16-28(17-15-23)25(30)22-8-6-5-7-9-22/h10-13,19,22-23H,4-9,14-18H2,1-3H3,(H,26,29). The average Bonchev–Trinajstić information content (AvgIpc) is 2.78. The van der Waals surface area contributed by atoms with E-state index in [0.717, 1.165) is 51.9 Å². The molecule has 0 unspecified atom stereocenters. The van der Waals surface area contributed by atoms with E-state index in [0.29, 0.717) is 17.5 Å². The molecule has 30 heavy (non-hydrogen) atoms. The van der Waals surface area contributed by atoms with Gasteiger partial charge in [0.2, 0.25) is 5.91 Å². The van der Waals surface area contributed by atoms with Crippen molar-refractivity contribution in [3.63, 3.8) is 0 Å². The Morgan fingerprint density at radius 1 is 1.03 bits per heavy atom. The fourth-order valence-corrected chi connectivity index (χ4v) is 4.78. The second-order valence-corrected chi connectivity index (χ2v) is 9.26. The van der Waals surface area contributed by atoms with E-state index in [1.54, 1.807) is 0 Å². The maximum Gasteiger partial charge on any atom is 0.251 e. The van der Waals surface area contributed by atoms with Gasteiger partial charge in [0, 0.05) is 43.2 Å². The molecule has 1 aromatic rings. The van der Waals surface area contributed by atoms with Crippen molar-refractivity contribution in [3.05, 3.63) is 35.4 Å². The Bertz CT molecular complexity index is 687. The number of piperidine rings is 1. The molecule has 1 heterocycles. The molecule has 2 amide bonds. The van der Waals surface area contributed by atoms with Crippen LogP contribution in [0.15, 0.2) is 24.3 Å². The van der Waals surface area contributed by atoms with Crippen LogP contribution in [0.3, 0.4) is 0 Å². The second-order valence-electron chi connectivity index (χ2n) is 9.26. The van der Waals surface area contributed by atoms with Gasteiger partial charge in [0.1, 0.15) is 0 Å². The number of hydrogen-bond acceptors (Lipinski definition) is 3. The van der Waals surface area contributed by atoms with Gasteiger partial charge < -0.3 is 10.2 Å². The minimum absolute atomic E-state index is 0.00480. The first kappa shape index (κ1) is 22.8. The number of nitrogens with zero attached hydrogens (tertiary/aromatic N) is 2. The predicted octanol–water partition coefficient (Wildman–Crippen LogP) is 4.22. The van der Waals surface area contributed by atoms with E-state index in [-0.39, 0.29) is 17.9 Å². The lowest BCUT2D eigenvalue weighted by Crippen LogP contribution is -2.48. The first-order valence-electron chi connectivity index (χ1n) is 11.9. The third-order valence-electron chi connectivity index (χ3n) is 6.83. The van der Waals surface area contributed by atoms with Crippen LogP contribution >= 0.6 is 0 Å².